The zero-order valence-corrected chi connectivity index (χ0v) is 8.26. The Morgan fingerprint density at radius 2 is 2.46 bits per heavy atom. The first-order valence-electron chi connectivity index (χ1n) is 4.16. The minimum absolute atomic E-state index is 0.216. The van der Waals surface area contributed by atoms with Crippen molar-refractivity contribution in [1.29, 1.82) is 0 Å². The summed E-state index contributed by atoms with van der Waals surface area (Å²) >= 11 is 1.18. The molecule has 4 nitrogen and oxygen atoms in total. The van der Waals surface area contributed by atoms with E-state index in [1.807, 2.05) is 5.38 Å². The molecule has 0 saturated carbocycles. The molecule has 0 atom stereocenters. The van der Waals surface area contributed by atoms with Crippen molar-refractivity contribution in [1.82, 2.24) is 5.32 Å². The predicted octanol–water partition coefficient (Wildman–Crippen LogP) is 2.16. The fourth-order valence-electron chi connectivity index (χ4n) is 0.961. The fourth-order valence-corrected chi connectivity index (χ4v) is 1.69. The van der Waals surface area contributed by atoms with E-state index in [0.717, 1.165) is 25.1 Å². The summed E-state index contributed by atoms with van der Waals surface area (Å²) in [5, 5.41) is 15.6. The highest BCUT2D eigenvalue weighted by Crippen LogP contribution is 2.22. The van der Waals surface area contributed by atoms with Gasteiger partial charge >= 0.3 is 5.00 Å². The fraction of sp³-hybridized carbons (Fsp3) is 0.500. The van der Waals surface area contributed by atoms with Crippen molar-refractivity contribution in [2.24, 2.45) is 0 Å². The molecule has 1 heterocycles. The summed E-state index contributed by atoms with van der Waals surface area (Å²) in [6, 6.07) is 1.62. The van der Waals surface area contributed by atoms with Crippen LogP contribution in [0.3, 0.4) is 0 Å². The number of rotatable bonds is 5. The Kier molecular flexibility index (Phi) is 3.85. The first-order chi connectivity index (χ1) is 6.24. The summed E-state index contributed by atoms with van der Waals surface area (Å²) in [6.07, 6.45) is 1.08. The predicted molar refractivity (Wildman–Crippen MR) is 53.0 cm³/mol. The van der Waals surface area contributed by atoms with Gasteiger partial charge in [-0.2, -0.15) is 0 Å². The minimum atomic E-state index is -0.353. The molecular formula is C8H12N2O2S. The zero-order valence-electron chi connectivity index (χ0n) is 7.45. The maximum absolute atomic E-state index is 10.3. The topological polar surface area (TPSA) is 55.2 Å². The molecule has 0 saturated heterocycles. The van der Waals surface area contributed by atoms with E-state index in [2.05, 4.69) is 12.2 Å². The molecule has 0 bridgehead atoms. The van der Waals surface area contributed by atoms with E-state index in [1.54, 1.807) is 6.07 Å². The van der Waals surface area contributed by atoms with Gasteiger partial charge in [0.2, 0.25) is 0 Å². The van der Waals surface area contributed by atoms with Crippen LogP contribution in [0.4, 0.5) is 5.00 Å². The van der Waals surface area contributed by atoms with Crippen LogP contribution in [0.1, 0.15) is 18.9 Å². The van der Waals surface area contributed by atoms with Gasteiger partial charge in [0.25, 0.3) is 0 Å². The van der Waals surface area contributed by atoms with Gasteiger partial charge in [-0.3, -0.25) is 10.1 Å². The van der Waals surface area contributed by atoms with Crippen molar-refractivity contribution in [2.75, 3.05) is 6.54 Å². The summed E-state index contributed by atoms with van der Waals surface area (Å²) < 4.78 is 0. The van der Waals surface area contributed by atoms with Crippen molar-refractivity contribution in [3.8, 4) is 0 Å². The smallest absolute Gasteiger partial charge is 0.313 e. The molecular weight excluding hydrogens is 188 g/mol. The second kappa shape index (κ2) is 4.94. The normalized spacial score (nSPS) is 10.2. The standard InChI is InChI=1S/C8H12N2O2S/c1-2-3-9-5-7-4-8(10(11)12)13-6-7/h4,6,9H,2-3,5H2,1H3. The van der Waals surface area contributed by atoms with E-state index in [9.17, 15) is 10.1 Å². The van der Waals surface area contributed by atoms with Gasteiger partial charge in [-0.25, -0.2) is 0 Å². The quantitative estimate of drug-likeness (QED) is 0.450. The Hall–Kier alpha value is -0.940. The second-order valence-electron chi connectivity index (χ2n) is 2.73. The van der Waals surface area contributed by atoms with Crippen LogP contribution in [0.2, 0.25) is 0 Å². The summed E-state index contributed by atoms with van der Waals surface area (Å²) in [5.41, 5.74) is 0.991. The average Bonchev–Trinajstić information content (AvgIpc) is 2.53. The zero-order chi connectivity index (χ0) is 9.68. The van der Waals surface area contributed by atoms with Crippen molar-refractivity contribution in [2.45, 2.75) is 19.9 Å². The van der Waals surface area contributed by atoms with Crippen LogP contribution in [0.25, 0.3) is 0 Å². The molecule has 0 aliphatic carbocycles. The highest BCUT2D eigenvalue weighted by Gasteiger charge is 2.08. The molecule has 0 aromatic carbocycles. The van der Waals surface area contributed by atoms with E-state index < -0.39 is 0 Å². The number of nitrogens with zero attached hydrogens (tertiary/aromatic N) is 1. The Balaban J connectivity index is 2.44. The maximum atomic E-state index is 10.3. The average molecular weight is 200 g/mol. The van der Waals surface area contributed by atoms with E-state index in [-0.39, 0.29) is 9.92 Å². The molecule has 0 radical (unpaired) electrons. The van der Waals surface area contributed by atoms with Gasteiger partial charge in [0.05, 0.1) is 4.92 Å². The molecule has 1 rings (SSSR count). The van der Waals surface area contributed by atoms with Gasteiger partial charge < -0.3 is 5.32 Å². The SMILES string of the molecule is CCCNCc1csc([N+](=O)[O-])c1. The lowest BCUT2D eigenvalue weighted by Gasteiger charge is -1.97. The number of hydrogen-bond acceptors (Lipinski definition) is 4. The molecule has 72 valence electrons. The molecule has 1 N–H and O–H groups in total. The summed E-state index contributed by atoms with van der Waals surface area (Å²) in [7, 11) is 0. The first kappa shape index (κ1) is 10.1. The van der Waals surface area contributed by atoms with Crippen molar-refractivity contribution in [3.63, 3.8) is 0 Å². The monoisotopic (exact) mass is 200 g/mol. The molecule has 0 fully saturated rings. The minimum Gasteiger partial charge on any atom is -0.313 e. The largest absolute Gasteiger partial charge is 0.324 e. The molecule has 0 unspecified atom stereocenters. The van der Waals surface area contributed by atoms with Crippen LogP contribution in [-0.2, 0) is 6.54 Å². The van der Waals surface area contributed by atoms with Gasteiger partial charge in [-0.05, 0) is 18.5 Å². The highest BCUT2D eigenvalue weighted by atomic mass is 32.1. The van der Waals surface area contributed by atoms with Gasteiger partial charge in [0, 0.05) is 18.0 Å². The lowest BCUT2D eigenvalue weighted by atomic mass is 10.3. The van der Waals surface area contributed by atoms with Crippen LogP contribution in [0.15, 0.2) is 11.4 Å². The Morgan fingerprint density at radius 3 is 3.00 bits per heavy atom. The second-order valence-corrected chi connectivity index (χ2v) is 3.62. The van der Waals surface area contributed by atoms with Crippen LogP contribution >= 0.6 is 11.3 Å². The molecule has 13 heavy (non-hydrogen) atoms. The molecule has 0 aliphatic heterocycles. The third kappa shape index (κ3) is 3.12. The number of thiophene rings is 1. The first-order valence-corrected chi connectivity index (χ1v) is 5.04. The van der Waals surface area contributed by atoms with Crippen LogP contribution in [0.5, 0.6) is 0 Å². The summed E-state index contributed by atoms with van der Waals surface area (Å²) in [4.78, 5) is 9.99. The van der Waals surface area contributed by atoms with Crippen molar-refractivity contribution in [3.05, 3.63) is 27.1 Å². The summed E-state index contributed by atoms with van der Waals surface area (Å²) in [5.74, 6) is 0. The highest BCUT2D eigenvalue weighted by molar-refractivity contribution is 7.13. The third-order valence-electron chi connectivity index (χ3n) is 1.58. The maximum Gasteiger partial charge on any atom is 0.324 e. The Morgan fingerprint density at radius 1 is 1.69 bits per heavy atom. The van der Waals surface area contributed by atoms with Crippen LogP contribution < -0.4 is 5.32 Å². The van der Waals surface area contributed by atoms with Crippen molar-refractivity contribution < 1.29 is 4.92 Å². The Bertz CT molecular complexity index is 285. The lowest BCUT2D eigenvalue weighted by Crippen LogP contribution is -2.12. The molecule has 0 amide bonds. The van der Waals surface area contributed by atoms with Gasteiger partial charge in [0.15, 0.2) is 0 Å². The van der Waals surface area contributed by atoms with Gasteiger partial charge in [0.1, 0.15) is 0 Å². The van der Waals surface area contributed by atoms with E-state index >= 15 is 0 Å². The van der Waals surface area contributed by atoms with E-state index in [0.29, 0.717) is 0 Å². The molecule has 0 aliphatic rings. The lowest BCUT2D eigenvalue weighted by molar-refractivity contribution is -0.380. The number of nitrogens with one attached hydrogen (secondary N) is 1. The Labute approximate surface area is 80.7 Å². The molecule has 1 aromatic heterocycles. The molecule has 5 heteroatoms. The van der Waals surface area contributed by atoms with Gasteiger partial charge in [-0.1, -0.05) is 18.3 Å². The third-order valence-corrected chi connectivity index (χ3v) is 2.50. The van der Waals surface area contributed by atoms with E-state index in [4.69, 9.17) is 0 Å². The number of hydrogen-bond donors (Lipinski definition) is 1. The summed E-state index contributed by atoms with van der Waals surface area (Å²) in [6.45, 7) is 3.75. The van der Waals surface area contributed by atoms with Crippen LogP contribution in [-0.4, -0.2) is 11.5 Å². The molecule has 0 spiro atoms. The van der Waals surface area contributed by atoms with Crippen molar-refractivity contribution >= 4 is 16.3 Å². The van der Waals surface area contributed by atoms with E-state index in [1.165, 1.54) is 11.3 Å². The molecule has 1 aromatic rings. The van der Waals surface area contributed by atoms with Gasteiger partial charge in [-0.15, -0.1) is 0 Å². The van der Waals surface area contributed by atoms with Crippen LogP contribution in [0, 0.1) is 10.1 Å². The number of nitro groups is 1.